The van der Waals surface area contributed by atoms with Crippen LogP contribution in [0, 0.1) is 13.8 Å². The lowest BCUT2D eigenvalue weighted by Crippen LogP contribution is -2.14. The van der Waals surface area contributed by atoms with Gasteiger partial charge in [-0.1, -0.05) is 36.4 Å². The van der Waals surface area contributed by atoms with E-state index in [-0.39, 0.29) is 17.3 Å². The highest BCUT2D eigenvalue weighted by Crippen LogP contribution is 2.29. The molecule has 0 saturated heterocycles. The van der Waals surface area contributed by atoms with E-state index < -0.39 is 0 Å². The van der Waals surface area contributed by atoms with Crippen LogP contribution in [-0.2, 0) is 0 Å². The third-order valence-electron chi connectivity index (χ3n) is 6.40. The number of aromatic nitrogens is 4. The van der Waals surface area contributed by atoms with Gasteiger partial charge in [0, 0.05) is 28.4 Å². The van der Waals surface area contributed by atoms with Crippen LogP contribution >= 0.6 is 0 Å². The zero-order chi connectivity index (χ0) is 24.8. The molecule has 8 nitrogen and oxygen atoms in total. The summed E-state index contributed by atoms with van der Waals surface area (Å²) in [4.78, 5) is 26.2. The fourth-order valence-corrected chi connectivity index (χ4v) is 4.32. The summed E-state index contributed by atoms with van der Waals surface area (Å²) in [7, 11) is 0. The molecule has 3 aromatic carbocycles. The number of para-hydroxylation sites is 3. The topological polar surface area (TPSA) is 114 Å². The average molecular weight is 474 g/mol. The van der Waals surface area contributed by atoms with E-state index in [2.05, 4.69) is 15.4 Å². The number of hydrogen-bond acceptors (Lipinski definition) is 5. The Hall–Kier alpha value is -4.98. The summed E-state index contributed by atoms with van der Waals surface area (Å²) < 4.78 is 1.48. The molecule has 176 valence electrons. The highest BCUT2D eigenvalue weighted by atomic mass is 16.1. The maximum Gasteiger partial charge on any atom is 0.261 e. The molecule has 0 spiro atoms. The monoisotopic (exact) mass is 473 g/mol. The van der Waals surface area contributed by atoms with E-state index in [1.54, 1.807) is 6.21 Å². The Bertz CT molecular complexity index is 1830. The van der Waals surface area contributed by atoms with Gasteiger partial charge in [0.1, 0.15) is 16.9 Å². The van der Waals surface area contributed by atoms with E-state index in [9.17, 15) is 4.79 Å². The summed E-state index contributed by atoms with van der Waals surface area (Å²) in [5.41, 5.74) is 13.7. The largest absolute Gasteiger partial charge is 0.383 e. The van der Waals surface area contributed by atoms with E-state index in [0.717, 1.165) is 27.6 Å². The maximum atomic E-state index is 13.5. The first-order valence-corrected chi connectivity index (χ1v) is 11.6. The minimum absolute atomic E-state index is 0.165. The zero-order valence-electron chi connectivity index (χ0n) is 19.8. The SMILES string of the molecule is Cc1ccc(NC(=O)c2c(N)n(N=Cc3c[nH]c4ccccc34)c3nc4ccccc4nc23)cc1C. The van der Waals surface area contributed by atoms with Crippen molar-refractivity contribution < 1.29 is 4.79 Å². The van der Waals surface area contributed by atoms with Crippen LogP contribution in [0.3, 0.4) is 0 Å². The second-order valence-electron chi connectivity index (χ2n) is 8.74. The third kappa shape index (κ3) is 3.56. The molecule has 0 atom stereocenters. The molecule has 36 heavy (non-hydrogen) atoms. The number of benzene rings is 3. The van der Waals surface area contributed by atoms with E-state index in [1.165, 1.54) is 4.68 Å². The van der Waals surface area contributed by atoms with Crippen molar-refractivity contribution >= 4 is 56.7 Å². The minimum Gasteiger partial charge on any atom is -0.383 e. The molecule has 3 heterocycles. The molecule has 6 aromatic rings. The van der Waals surface area contributed by atoms with Crippen molar-refractivity contribution in [1.29, 1.82) is 0 Å². The summed E-state index contributed by atoms with van der Waals surface area (Å²) in [5.74, 6) is -0.205. The predicted octanol–water partition coefficient (Wildman–Crippen LogP) is 5.40. The predicted molar refractivity (Wildman–Crippen MR) is 145 cm³/mol. The molecule has 6 rings (SSSR count). The summed E-state index contributed by atoms with van der Waals surface area (Å²) >= 11 is 0. The van der Waals surface area contributed by atoms with Crippen molar-refractivity contribution in [3.63, 3.8) is 0 Å². The van der Waals surface area contributed by atoms with Gasteiger partial charge < -0.3 is 16.0 Å². The van der Waals surface area contributed by atoms with Crippen LogP contribution in [0.15, 0.2) is 78.0 Å². The standard InChI is InChI=1S/C28H23N7O/c1-16-11-12-19(13-17(16)2)32-28(36)24-25-27(34-23-10-6-5-9-22(23)33-25)35(26(24)29)31-15-18-14-30-21-8-4-3-7-20(18)21/h3-15,30H,29H2,1-2H3,(H,32,36). The van der Waals surface area contributed by atoms with Gasteiger partial charge in [-0.15, -0.1) is 0 Å². The first-order chi connectivity index (χ1) is 17.5. The van der Waals surface area contributed by atoms with Crippen LogP contribution < -0.4 is 11.1 Å². The Labute approximate surface area is 206 Å². The lowest BCUT2D eigenvalue weighted by molar-refractivity contribution is 0.102. The zero-order valence-corrected chi connectivity index (χ0v) is 19.8. The van der Waals surface area contributed by atoms with Gasteiger partial charge in [0.2, 0.25) is 0 Å². The average Bonchev–Trinajstić information content (AvgIpc) is 3.41. The number of carbonyl (C=O) groups excluding carboxylic acids is 1. The quantitative estimate of drug-likeness (QED) is 0.297. The number of nitrogens with two attached hydrogens (primary N) is 1. The molecule has 0 saturated carbocycles. The number of aryl methyl sites for hydroxylation is 2. The summed E-state index contributed by atoms with van der Waals surface area (Å²) in [6, 6.07) is 21.2. The van der Waals surface area contributed by atoms with Gasteiger partial charge in [0.05, 0.1) is 17.2 Å². The van der Waals surface area contributed by atoms with Gasteiger partial charge >= 0.3 is 0 Å². The van der Waals surface area contributed by atoms with Gasteiger partial charge in [-0.3, -0.25) is 4.79 Å². The van der Waals surface area contributed by atoms with Crippen molar-refractivity contribution in [3.8, 4) is 0 Å². The number of amides is 1. The van der Waals surface area contributed by atoms with Crippen molar-refractivity contribution in [1.82, 2.24) is 19.6 Å². The van der Waals surface area contributed by atoms with Crippen LogP contribution in [0.5, 0.6) is 0 Å². The molecule has 8 heteroatoms. The van der Waals surface area contributed by atoms with E-state index >= 15 is 0 Å². The van der Waals surface area contributed by atoms with Gasteiger partial charge in [-0.25, -0.2) is 9.97 Å². The molecule has 3 aromatic heterocycles. The van der Waals surface area contributed by atoms with Crippen LogP contribution in [0.25, 0.3) is 33.1 Å². The molecule has 0 fully saturated rings. The van der Waals surface area contributed by atoms with Gasteiger partial charge in [-0.05, 0) is 55.3 Å². The Balaban J connectivity index is 1.50. The summed E-state index contributed by atoms with van der Waals surface area (Å²) in [6.45, 7) is 4.03. The fraction of sp³-hybridized carbons (Fsp3) is 0.0714. The number of nitrogens with one attached hydrogen (secondary N) is 2. The van der Waals surface area contributed by atoms with Crippen molar-refractivity contribution in [2.75, 3.05) is 11.1 Å². The number of hydrogen-bond donors (Lipinski definition) is 3. The Morgan fingerprint density at radius 2 is 1.75 bits per heavy atom. The normalized spacial score (nSPS) is 11.7. The number of rotatable bonds is 4. The maximum absolute atomic E-state index is 13.5. The number of aromatic amines is 1. The van der Waals surface area contributed by atoms with E-state index in [4.69, 9.17) is 15.7 Å². The molecule has 0 unspecified atom stereocenters. The number of anilines is 2. The summed E-state index contributed by atoms with van der Waals surface area (Å²) in [6.07, 6.45) is 3.58. The highest BCUT2D eigenvalue weighted by Gasteiger charge is 2.24. The molecular weight excluding hydrogens is 450 g/mol. The van der Waals surface area contributed by atoms with Gasteiger partial charge in [0.15, 0.2) is 5.65 Å². The van der Waals surface area contributed by atoms with Crippen LogP contribution in [0.1, 0.15) is 27.0 Å². The fourth-order valence-electron chi connectivity index (χ4n) is 4.32. The second kappa shape index (κ2) is 8.35. The van der Waals surface area contributed by atoms with Gasteiger partial charge in [-0.2, -0.15) is 9.78 Å². The van der Waals surface area contributed by atoms with E-state index in [1.807, 2.05) is 86.8 Å². The smallest absolute Gasteiger partial charge is 0.261 e. The van der Waals surface area contributed by atoms with Crippen LogP contribution in [0.4, 0.5) is 11.5 Å². The molecule has 1 amide bonds. The molecule has 0 radical (unpaired) electrons. The first-order valence-electron chi connectivity index (χ1n) is 11.6. The molecule has 0 aliphatic carbocycles. The molecular formula is C28H23N7O. The van der Waals surface area contributed by atoms with Crippen LogP contribution in [0.2, 0.25) is 0 Å². The number of nitrogen functional groups attached to an aromatic ring is 1. The van der Waals surface area contributed by atoms with E-state index in [0.29, 0.717) is 27.9 Å². The third-order valence-corrected chi connectivity index (χ3v) is 6.40. The lowest BCUT2D eigenvalue weighted by Gasteiger charge is -2.08. The van der Waals surface area contributed by atoms with Crippen molar-refractivity contribution in [2.45, 2.75) is 13.8 Å². The van der Waals surface area contributed by atoms with Crippen molar-refractivity contribution in [2.24, 2.45) is 5.10 Å². The number of nitrogens with zero attached hydrogens (tertiary/aromatic N) is 4. The Morgan fingerprint density at radius 1 is 1.00 bits per heavy atom. The molecule has 0 bridgehead atoms. The lowest BCUT2D eigenvalue weighted by atomic mass is 10.1. The number of carbonyl (C=O) groups is 1. The number of fused-ring (bicyclic) bond motifs is 3. The second-order valence-corrected chi connectivity index (χ2v) is 8.74. The minimum atomic E-state index is -0.369. The molecule has 0 aliphatic rings. The Morgan fingerprint density at radius 3 is 2.56 bits per heavy atom. The first kappa shape index (κ1) is 21.5. The van der Waals surface area contributed by atoms with Crippen LogP contribution in [-0.4, -0.2) is 31.7 Å². The van der Waals surface area contributed by atoms with Crippen molar-refractivity contribution in [3.05, 3.63) is 95.2 Å². The molecule has 0 aliphatic heterocycles. The molecule has 4 N–H and O–H groups in total. The Kier molecular flexibility index (Phi) is 5.00. The summed E-state index contributed by atoms with van der Waals surface area (Å²) in [5, 5.41) is 8.62. The highest BCUT2D eigenvalue weighted by molar-refractivity contribution is 6.16. The van der Waals surface area contributed by atoms with Gasteiger partial charge in [0.25, 0.3) is 5.91 Å². The number of H-pyrrole nitrogens is 1.